The van der Waals surface area contributed by atoms with Gasteiger partial charge in [-0.15, -0.1) is 0 Å². The quantitative estimate of drug-likeness (QED) is 0.438. The van der Waals surface area contributed by atoms with Gasteiger partial charge in [-0.2, -0.15) is 0 Å². The Morgan fingerprint density at radius 3 is 1.89 bits per heavy atom. The average Bonchev–Trinajstić information content (AvgIpc) is 2.25. The van der Waals surface area contributed by atoms with Crippen LogP contribution < -0.4 is 0 Å². The van der Waals surface area contributed by atoms with Crippen LogP contribution >= 0.6 is 0 Å². The van der Waals surface area contributed by atoms with Crippen molar-refractivity contribution < 1.29 is 9.90 Å². The summed E-state index contributed by atoms with van der Waals surface area (Å²) in [6.07, 6.45) is 9.09. The van der Waals surface area contributed by atoms with Crippen molar-refractivity contribution in [2.75, 3.05) is 0 Å². The van der Waals surface area contributed by atoms with Gasteiger partial charge in [-0.25, -0.2) is 0 Å². The van der Waals surface area contributed by atoms with Crippen molar-refractivity contribution in [1.29, 1.82) is 0 Å². The zero-order chi connectivity index (χ0) is 14.0. The van der Waals surface area contributed by atoms with Crippen LogP contribution in [0, 0.1) is 11.8 Å². The standard InChI is InChI=1S/C16H30O2/c1-13(2)9-11-15(12-10-14(3)4)7-5-6-8-16(17)18/h7,13-14H,5-6,8-12H2,1-4H3,(H,17,18). The molecule has 0 aromatic rings. The third kappa shape index (κ3) is 11.7. The summed E-state index contributed by atoms with van der Waals surface area (Å²) >= 11 is 0. The van der Waals surface area contributed by atoms with E-state index in [1.54, 1.807) is 0 Å². The molecule has 0 fully saturated rings. The lowest BCUT2D eigenvalue weighted by Gasteiger charge is -2.11. The number of unbranched alkanes of at least 4 members (excludes halogenated alkanes) is 1. The molecule has 0 radical (unpaired) electrons. The summed E-state index contributed by atoms with van der Waals surface area (Å²) in [4.78, 5) is 10.5. The molecule has 0 aromatic carbocycles. The van der Waals surface area contributed by atoms with E-state index in [4.69, 9.17) is 5.11 Å². The van der Waals surface area contributed by atoms with E-state index in [-0.39, 0.29) is 6.42 Å². The van der Waals surface area contributed by atoms with Gasteiger partial charge in [0.15, 0.2) is 0 Å². The molecule has 106 valence electrons. The Hall–Kier alpha value is -0.790. The lowest BCUT2D eigenvalue weighted by atomic mass is 9.95. The average molecular weight is 254 g/mol. The highest BCUT2D eigenvalue weighted by Gasteiger charge is 2.03. The lowest BCUT2D eigenvalue weighted by molar-refractivity contribution is -0.137. The Bertz CT molecular complexity index is 238. The molecule has 0 unspecified atom stereocenters. The van der Waals surface area contributed by atoms with Crippen LogP contribution in [0.4, 0.5) is 0 Å². The van der Waals surface area contributed by atoms with Crippen molar-refractivity contribution in [2.24, 2.45) is 11.8 Å². The van der Waals surface area contributed by atoms with E-state index in [2.05, 4.69) is 33.8 Å². The van der Waals surface area contributed by atoms with Crippen LogP contribution in [0.15, 0.2) is 11.6 Å². The maximum absolute atomic E-state index is 10.5. The van der Waals surface area contributed by atoms with Crippen molar-refractivity contribution in [2.45, 2.75) is 72.6 Å². The third-order valence-electron chi connectivity index (χ3n) is 3.11. The van der Waals surface area contributed by atoms with Gasteiger partial charge in [-0.05, 0) is 50.4 Å². The Balaban J connectivity index is 4.08. The van der Waals surface area contributed by atoms with Crippen molar-refractivity contribution in [3.63, 3.8) is 0 Å². The van der Waals surface area contributed by atoms with Crippen LogP contribution in [-0.2, 0) is 4.79 Å². The molecule has 0 aliphatic rings. The number of hydrogen-bond acceptors (Lipinski definition) is 1. The minimum Gasteiger partial charge on any atom is -0.481 e. The minimum absolute atomic E-state index is 0.290. The smallest absolute Gasteiger partial charge is 0.303 e. The SMILES string of the molecule is CC(C)CCC(=CCCCC(=O)O)CCC(C)C. The molecule has 0 rings (SSSR count). The second-order valence-corrected chi connectivity index (χ2v) is 6.01. The van der Waals surface area contributed by atoms with Crippen LogP contribution in [0.2, 0.25) is 0 Å². The number of allylic oxidation sites excluding steroid dienone is 2. The summed E-state index contributed by atoms with van der Waals surface area (Å²) in [6.45, 7) is 9.02. The zero-order valence-electron chi connectivity index (χ0n) is 12.5. The van der Waals surface area contributed by atoms with Gasteiger partial charge in [0.2, 0.25) is 0 Å². The van der Waals surface area contributed by atoms with Gasteiger partial charge in [-0.1, -0.05) is 39.3 Å². The van der Waals surface area contributed by atoms with Crippen molar-refractivity contribution in [3.8, 4) is 0 Å². The van der Waals surface area contributed by atoms with Gasteiger partial charge in [0.25, 0.3) is 0 Å². The molecule has 2 heteroatoms. The molecule has 0 spiro atoms. The Morgan fingerprint density at radius 2 is 1.50 bits per heavy atom. The highest BCUT2D eigenvalue weighted by Crippen LogP contribution is 2.20. The molecule has 0 heterocycles. The molecule has 0 atom stereocenters. The Morgan fingerprint density at radius 1 is 1.00 bits per heavy atom. The van der Waals surface area contributed by atoms with Crippen LogP contribution in [0.3, 0.4) is 0 Å². The monoisotopic (exact) mass is 254 g/mol. The van der Waals surface area contributed by atoms with Crippen LogP contribution in [0.25, 0.3) is 0 Å². The molecule has 0 aliphatic heterocycles. The van der Waals surface area contributed by atoms with E-state index in [1.807, 2.05) is 0 Å². The van der Waals surface area contributed by atoms with Gasteiger partial charge in [0, 0.05) is 6.42 Å². The van der Waals surface area contributed by atoms with Crippen molar-refractivity contribution in [1.82, 2.24) is 0 Å². The number of carbonyl (C=O) groups is 1. The van der Waals surface area contributed by atoms with Gasteiger partial charge in [-0.3, -0.25) is 4.79 Å². The number of carboxylic acids is 1. The number of carboxylic acid groups (broad SMARTS) is 1. The predicted octanol–water partition coefficient (Wildman–Crippen LogP) is 5.04. The van der Waals surface area contributed by atoms with Crippen LogP contribution in [-0.4, -0.2) is 11.1 Å². The summed E-state index contributed by atoms with van der Waals surface area (Å²) < 4.78 is 0. The number of hydrogen-bond donors (Lipinski definition) is 1. The van der Waals surface area contributed by atoms with Crippen LogP contribution in [0.5, 0.6) is 0 Å². The zero-order valence-corrected chi connectivity index (χ0v) is 12.5. The highest BCUT2D eigenvalue weighted by molar-refractivity contribution is 5.66. The molecule has 0 aromatic heterocycles. The van der Waals surface area contributed by atoms with Crippen molar-refractivity contribution in [3.05, 3.63) is 11.6 Å². The first-order valence-electron chi connectivity index (χ1n) is 7.31. The molecular formula is C16H30O2. The fourth-order valence-corrected chi connectivity index (χ4v) is 1.84. The van der Waals surface area contributed by atoms with E-state index in [0.717, 1.165) is 24.7 Å². The molecule has 0 aliphatic carbocycles. The maximum atomic E-state index is 10.5. The first-order valence-corrected chi connectivity index (χ1v) is 7.31. The van der Waals surface area contributed by atoms with E-state index in [9.17, 15) is 4.79 Å². The van der Waals surface area contributed by atoms with E-state index in [0.29, 0.717) is 0 Å². The van der Waals surface area contributed by atoms with Gasteiger partial charge >= 0.3 is 5.97 Å². The minimum atomic E-state index is -0.686. The predicted molar refractivity (Wildman–Crippen MR) is 77.7 cm³/mol. The largest absolute Gasteiger partial charge is 0.481 e. The molecular weight excluding hydrogens is 224 g/mol. The fraction of sp³-hybridized carbons (Fsp3) is 0.812. The normalized spacial score (nSPS) is 11.0. The van der Waals surface area contributed by atoms with E-state index < -0.39 is 5.97 Å². The van der Waals surface area contributed by atoms with Crippen LogP contribution in [0.1, 0.15) is 72.6 Å². The lowest BCUT2D eigenvalue weighted by Crippen LogP contribution is -1.96. The summed E-state index contributed by atoms with van der Waals surface area (Å²) in [5, 5.41) is 8.61. The second-order valence-electron chi connectivity index (χ2n) is 6.01. The summed E-state index contributed by atoms with van der Waals surface area (Å²) in [7, 11) is 0. The Labute approximate surface area is 112 Å². The Kier molecular flexibility index (Phi) is 9.72. The molecule has 0 saturated carbocycles. The molecule has 0 bridgehead atoms. The molecule has 0 amide bonds. The second kappa shape index (κ2) is 10.2. The maximum Gasteiger partial charge on any atom is 0.303 e. The molecule has 18 heavy (non-hydrogen) atoms. The summed E-state index contributed by atoms with van der Waals surface area (Å²) in [6, 6.07) is 0. The van der Waals surface area contributed by atoms with Gasteiger partial charge in [0.1, 0.15) is 0 Å². The molecule has 1 N–H and O–H groups in total. The van der Waals surface area contributed by atoms with Gasteiger partial charge in [0.05, 0.1) is 0 Å². The van der Waals surface area contributed by atoms with E-state index >= 15 is 0 Å². The summed E-state index contributed by atoms with van der Waals surface area (Å²) in [5.74, 6) is 0.798. The first-order chi connectivity index (χ1) is 8.41. The fourth-order valence-electron chi connectivity index (χ4n) is 1.84. The highest BCUT2D eigenvalue weighted by atomic mass is 16.4. The number of aliphatic carboxylic acids is 1. The van der Waals surface area contributed by atoms with Gasteiger partial charge < -0.3 is 5.11 Å². The molecule has 2 nitrogen and oxygen atoms in total. The number of rotatable bonds is 10. The topological polar surface area (TPSA) is 37.3 Å². The molecule has 0 saturated heterocycles. The summed E-state index contributed by atoms with van der Waals surface area (Å²) in [5.41, 5.74) is 1.53. The first kappa shape index (κ1) is 17.2. The van der Waals surface area contributed by atoms with Crippen molar-refractivity contribution >= 4 is 5.97 Å². The van der Waals surface area contributed by atoms with E-state index in [1.165, 1.54) is 31.3 Å². The third-order valence-corrected chi connectivity index (χ3v) is 3.11.